The molecule has 0 aliphatic heterocycles. The van der Waals surface area contributed by atoms with Crippen LogP contribution in [0.1, 0.15) is 44.5 Å². The number of carbonyl (C=O) groups is 1. The first-order chi connectivity index (χ1) is 8.51. The molecule has 0 atom stereocenters. The van der Waals surface area contributed by atoms with Crippen LogP contribution in [0, 0.1) is 0 Å². The van der Waals surface area contributed by atoms with Crippen molar-refractivity contribution in [1.82, 2.24) is 10.3 Å². The number of pyridine rings is 1. The van der Waals surface area contributed by atoms with Crippen LogP contribution in [0.4, 0.5) is 0 Å². The molecule has 0 amide bonds. The molecule has 1 N–H and O–H groups in total. The maximum absolute atomic E-state index is 12.3. The van der Waals surface area contributed by atoms with E-state index in [1.807, 2.05) is 27.7 Å². The average molecular weight is 250 g/mol. The maximum atomic E-state index is 12.3. The molecule has 0 saturated carbocycles. The molecule has 1 heterocycles. The fraction of sp³-hybridized carbons (Fsp3) is 0.571. The number of nitrogens with one attached hydrogen (secondary N) is 1. The Hall–Kier alpha value is -1.42. The fourth-order valence-corrected chi connectivity index (χ4v) is 1.72. The summed E-state index contributed by atoms with van der Waals surface area (Å²) < 4.78 is 5.48. The van der Waals surface area contributed by atoms with Gasteiger partial charge in [-0.05, 0) is 32.9 Å². The lowest BCUT2D eigenvalue weighted by Gasteiger charge is -2.24. The van der Waals surface area contributed by atoms with Crippen molar-refractivity contribution < 1.29 is 9.53 Å². The van der Waals surface area contributed by atoms with Gasteiger partial charge < -0.3 is 10.1 Å². The monoisotopic (exact) mass is 250 g/mol. The highest BCUT2D eigenvalue weighted by molar-refractivity contribution is 6.02. The van der Waals surface area contributed by atoms with Gasteiger partial charge in [0.05, 0.1) is 18.3 Å². The van der Waals surface area contributed by atoms with Gasteiger partial charge in [-0.25, -0.2) is 0 Å². The predicted molar refractivity (Wildman–Crippen MR) is 72.1 cm³/mol. The van der Waals surface area contributed by atoms with Crippen molar-refractivity contribution in [2.24, 2.45) is 0 Å². The quantitative estimate of drug-likeness (QED) is 0.755. The lowest BCUT2D eigenvalue weighted by molar-refractivity contribution is 0.0883. The first-order valence-corrected chi connectivity index (χ1v) is 6.39. The van der Waals surface area contributed by atoms with Crippen molar-refractivity contribution in [2.75, 3.05) is 13.2 Å². The summed E-state index contributed by atoms with van der Waals surface area (Å²) in [5.74, 6) is 0.675. The second-order valence-electron chi connectivity index (χ2n) is 4.74. The van der Waals surface area contributed by atoms with Gasteiger partial charge in [-0.2, -0.15) is 0 Å². The van der Waals surface area contributed by atoms with Crippen LogP contribution in [0.3, 0.4) is 0 Å². The molecular weight excluding hydrogens is 228 g/mol. The van der Waals surface area contributed by atoms with Crippen LogP contribution >= 0.6 is 0 Å². The minimum Gasteiger partial charge on any atom is -0.492 e. The number of nitrogens with zero attached hydrogens (tertiary/aromatic N) is 1. The number of Topliss-reactive ketones (excluding diaryl/α,β-unsaturated/α-hetero) is 1. The Morgan fingerprint density at radius 1 is 1.39 bits per heavy atom. The highest BCUT2D eigenvalue weighted by Gasteiger charge is 2.27. The second kappa shape index (κ2) is 6.50. The molecule has 0 spiro atoms. The van der Waals surface area contributed by atoms with Gasteiger partial charge in [0.15, 0.2) is 5.78 Å². The third kappa shape index (κ3) is 3.81. The van der Waals surface area contributed by atoms with Gasteiger partial charge >= 0.3 is 0 Å². The van der Waals surface area contributed by atoms with Crippen molar-refractivity contribution >= 4 is 5.78 Å². The van der Waals surface area contributed by atoms with Crippen molar-refractivity contribution in [3.05, 3.63) is 24.0 Å². The molecule has 0 bridgehead atoms. The van der Waals surface area contributed by atoms with Gasteiger partial charge in [-0.15, -0.1) is 0 Å². The maximum Gasteiger partial charge on any atom is 0.183 e. The second-order valence-corrected chi connectivity index (χ2v) is 4.74. The summed E-state index contributed by atoms with van der Waals surface area (Å²) in [6.07, 6.45) is 4.15. The molecule has 0 fully saturated rings. The van der Waals surface area contributed by atoms with Crippen LogP contribution in [0.15, 0.2) is 18.5 Å². The summed E-state index contributed by atoms with van der Waals surface area (Å²) >= 11 is 0. The number of hydrogen-bond donors (Lipinski definition) is 1. The molecule has 4 heteroatoms. The minimum absolute atomic E-state index is 0.0267. The SMILES string of the molecule is CCCOc1cncc(C(=O)C(C)(C)NCC)c1. The molecule has 0 unspecified atom stereocenters. The van der Waals surface area contributed by atoms with Crippen LogP contribution in [0.2, 0.25) is 0 Å². The minimum atomic E-state index is -0.584. The van der Waals surface area contributed by atoms with Crippen molar-refractivity contribution in [2.45, 2.75) is 39.7 Å². The van der Waals surface area contributed by atoms with E-state index in [1.54, 1.807) is 18.5 Å². The summed E-state index contributed by atoms with van der Waals surface area (Å²) in [6, 6.07) is 1.75. The lowest BCUT2D eigenvalue weighted by Crippen LogP contribution is -2.46. The van der Waals surface area contributed by atoms with E-state index in [2.05, 4.69) is 10.3 Å². The Labute approximate surface area is 109 Å². The first kappa shape index (κ1) is 14.6. The summed E-state index contributed by atoms with van der Waals surface area (Å²) in [5, 5.41) is 3.16. The number of carbonyl (C=O) groups excluding carboxylic acids is 1. The zero-order valence-corrected chi connectivity index (χ0v) is 11.6. The van der Waals surface area contributed by atoms with E-state index in [0.717, 1.165) is 13.0 Å². The van der Waals surface area contributed by atoms with Crippen molar-refractivity contribution in [3.63, 3.8) is 0 Å². The highest BCUT2D eigenvalue weighted by Crippen LogP contribution is 2.17. The van der Waals surface area contributed by atoms with E-state index in [9.17, 15) is 4.79 Å². The Balaban J connectivity index is 2.85. The van der Waals surface area contributed by atoms with Crippen LogP contribution in [-0.2, 0) is 0 Å². The molecule has 4 nitrogen and oxygen atoms in total. The van der Waals surface area contributed by atoms with E-state index < -0.39 is 5.54 Å². The number of hydrogen-bond acceptors (Lipinski definition) is 4. The van der Waals surface area contributed by atoms with Gasteiger partial charge in [0, 0.05) is 11.8 Å². The topological polar surface area (TPSA) is 51.2 Å². The molecule has 1 aromatic heterocycles. The largest absolute Gasteiger partial charge is 0.492 e. The normalized spacial score (nSPS) is 11.3. The number of aromatic nitrogens is 1. The summed E-state index contributed by atoms with van der Waals surface area (Å²) in [7, 11) is 0. The molecule has 0 aliphatic rings. The average Bonchev–Trinajstić information content (AvgIpc) is 2.35. The van der Waals surface area contributed by atoms with Crippen molar-refractivity contribution in [1.29, 1.82) is 0 Å². The third-order valence-corrected chi connectivity index (χ3v) is 2.63. The summed E-state index contributed by atoms with van der Waals surface area (Å²) in [4.78, 5) is 16.4. The van der Waals surface area contributed by atoms with E-state index in [1.165, 1.54) is 0 Å². The molecule has 100 valence electrons. The molecule has 1 rings (SSSR count). The molecular formula is C14H22N2O2. The van der Waals surface area contributed by atoms with Crippen molar-refractivity contribution in [3.8, 4) is 5.75 Å². The van der Waals surface area contributed by atoms with Gasteiger partial charge in [-0.3, -0.25) is 9.78 Å². The fourth-order valence-electron chi connectivity index (χ4n) is 1.72. The Bertz CT molecular complexity index is 403. The standard InChI is InChI=1S/C14H22N2O2/c1-5-7-18-12-8-11(9-15-10-12)13(17)14(3,4)16-6-2/h8-10,16H,5-7H2,1-4H3. The van der Waals surface area contributed by atoms with Crippen LogP contribution in [0.25, 0.3) is 0 Å². The summed E-state index contributed by atoms with van der Waals surface area (Å²) in [5.41, 5.74) is -0.00523. The Morgan fingerprint density at radius 3 is 2.72 bits per heavy atom. The lowest BCUT2D eigenvalue weighted by atomic mass is 9.94. The van der Waals surface area contributed by atoms with Gasteiger partial charge in [-0.1, -0.05) is 13.8 Å². The van der Waals surface area contributed by atoms with Crippen LogP contribution in [-0.4, -0.2) is 29.5 Å². The van der Waals surface area contributed by atoms with E-state index in [0.29, 0.717) is 17.9 Å². The number of rotatable bonds is 7. The van der Waals surface area contributed by atoms with E-state index in [-0.39, 0.29) is 5.78 Å². The molecule has 0 radical (unpaired) electrons. The third-order valence-electron chi connectivity index (χ3n) is 2.63. The number of ketones is 1. The van der Waals surface area contributed by atoms with E-state index >= 15 is 0 Å². The Kier molecular flexibility index (Phi) is 5.28. The molecule has 0 aromatic carbocycles. The molecule has 1 aromatic rings. The number of ether oxygens (including phenoxy) is 1. The van der Waals surface area contributed by atoms with E-state index in [4.69, 9.17) is 4.74 Å². The van der Waals surface area contributed by atoms with Gasteiger partial charge in [0.2, 0.25) is 0 Å². The smallest absolute Gasteiger partial charge is 0.183 e. The highest BCUT2D eigenvalue weighted by atomic mass is 16.5. The summed E-state index contributed by atoms with van der Waals surface area (Å²) in [6.45, 7) is 9.15. The molecule has 0 aliphatic carbocycles. The predicted octanol–water partition coefficient (Wildman–Crippen LogP) is 2.44. The Morgan fingerprint density at radius 2 is 2.11 bits per heavy atom. The van der Waals surface area contributed by atoms with Gasteiger partial charge in [0.1, 0.15) is 5.75 Å². The van der Waals surface area contributed by atoms with Crippen LogP contribution < -0.4 is 10.1 Å². The zero-order chi connectivity index (χ0) is 13.6. The first-order valence-electron chi connectivity index (χ1n) is 6.39. The number of likely N-dealkylation sites (N-methyl/N-ethyl adjacent to an activating group) is 1. The molecule has 18 heavy (non-hydrogen) atoms. The van der Waals surface area contributed by atoms with Crippen LogP contribution in [0.5, 0.6) is 5.75 Å². The van der Waals surface area contributed by atoms with Gasteiger partial charge in [0.25, 0.3) is 0 Å². The molecule has 0 saturated heterocycles. The zero-order valence-electron chi connectivity index (χ0n) is 11.6.